The number of imidazole rings is 1. The van der Waals surface area contributed by atoms with Gasteiger partial charge in [0, 0.05) is 70.5 Å². The highest BCUT2D eigenvalue weighted by Crippen LogP contribution is 2.25. The minimum atomic E-state index is -1.82. The maximum absolute atomic E-state index is 14.8. The Hall–Kier alpha value is -12.2. The Morgan fingerprint density at radius 1 is 0.480 bits per heavy atom. The van der Waals surface area contributed by atoms with Crippen LogP contribution in [-0.4, -0.2) is 309 Å². The van der Waals surface area contributed by atoms with Crippen molar-refractivity contribution in [2.24, 2.45) is 40.3 Å². The molecule has 14 amide bonds. The number of nitrogens with two attached hydrogens (primary N) is 6. The van der Waals surface area contributed by atoms with E-state index in [1.165, 1.54) is 45.9 Å². The number of aromatic nitrogens is 2. The highest BCUT2D eigenvalue weighted by atomic mass is 32.2. The summed E-state index contributed by atoms with van der Waals surface area (Å²) in [6.07, 6.45) is 7.09. The van der Waals surface area contributed by atoms with Crippen LogP contribution in [0.5, 0.6) is 0 Å². The number of nitrogens with one attached hydrogen (secondary N) is 20. The number of thioether (sulfide) groups is 1. The normalized spacial score (nSPS) is 17.3. The molecule has 0 radical (unpaired) electrons. The van der Waals surface area contributed by atoms with E-state index in [0.717, 1.165) is 0 Å². The summed E-state index contributed by atoms with van der Waals surface area (Å²) in [5, 5.41) is 90.4. The van der Waals surface area contributed by atoms with Crippen molar-refractivity contribution in [2.75, 3.05) is 77.5 Å². The fourth-order valence-corrected chi connectivity index (χ4v) is 15.1. The maximum atomic E-state index is 14.8. The van der Waals surface area contributed by atoms with E-state index in [2.05, 4.69) is 89.7 Å². The molecule has 706 valence electrons. The zero-order valence-electron chi connectivity index (χ0n) is 72.5. The number of aromatic amines is 1. The fourth-order valence-electron chi connectivity index (χ4n) is 14.7. The molecule has 47 nitrogen and oxygen atoms in total. The van der Waals surface area contributed by atoms with Crippen molar-refractivity contribution < 1.29 is 82.1 Å². The molecular weight excluding hydrogens is 1670 g/mol. The number of carbonyl (C=O) groups is 15. The van der Waals surface area contributed by atoms with E-state index in [0.29, 0.717) is 42.7 Å². The average Bonchev–Trinajstić information content (AvgIpc) is 1.70. The Labute approximate surface area is 741 Å². The average molecular weight is 1810 g/mol. The van der Waals surface area contributed by atoms with E-state index in [1.54, 1.807) is 44.2 Å². The van der Waals surface area contributed by atoms with E-state index in [-0.39, 0.29) is 185 Å². The number of hydrogen-bond acceptors (Lipinski definition) is 24. The zero-order valence-corrected chi connectivity index (χ0v) is 73.3. The second-order valence-electron chi connectivity index (χ2n) is 31.8. The number of likely N-dealkylation sites (tertiary alicyclic amines) is 3. The molecule has 14 atom stereocenters. The van der Waals surface area contributed by atoms with Crippen LogP contribution < -0.4 is 114 Å². The number of rotatable bonds is 56. The van der Waals surface area contributed by atoms with Crippen LogP contribution in [0.1, 0.15) is 154 Å². The van der Waals surface area contributed by atoms with Crippen LogP contribution in [0.3, 0.4) is 0 Å². The molecule has 3 fully saturated rings. The Morgan fingerprint density at radius 2 is 0.898 bits per heavy atom. The molecule has 0 aliphatic carbocycles. The molecular formula is C79H132N30O17S. The molecule has 3 saturated heterocycles. The minimum absolute atomic E-state index is 0.00182. The number of carboxylic acids is 1. The number of guanidine groups is 4. The predicted molar refractivity (Wildman–Crippen MR) is 469 cm³/mol. The predicted octanol–water partition coefficient (Wildman–Crippen LogP) is -7.46. The van der Waals surface area contributed by atoms with Gasteiger partial charge in [0.15, 0.2) is 23.8 Å². The molecule has 3 aliphatic rings. The monoisotopic (exact) mass is 1810 g/mol. The molecule has 48 heteroatoms. The van der Waals surface area contributed by atoms with Crippen LogP contribution in [0.2, 0.25) is 0 Å². The standard InChI is InChI=1S/C79H132N30O17S/c1-44(2)37-54(103-66(116)51(22-12-31-93-78(86)87)100-71(121)59-25-15-34-108(59)73(123)52(23-13-32-94-79(88)89)101-62(112)45(3)97-65(115)50(21-11-30-92-77(84)85)98-63(113)48(81)19-10-29-91-76(82)83)67(117)106-57(42-110)69(119)104-55(39-47-40-90-43-96-47)68(118)99-49(20-8-9-28-80)64(114)95-41-61(111)107-33-14-24-58(107)70(120)102-53(27-36-127-4)74(124)109-35-16-26-60(109)72(122)105-56(75(125)126)38-46-17-6-5-7-18-46/h5-7,17-18,40,43-45,48-60,110H,8-16,19-39,41-42,80-81H2,1-4H3,(H,90,96)(H,95,114)(H,97,115)(H,98,113)(H,99,118)(H,100,121)(H,101,112)(H,102,120)(H,103,116)(H,104,119)(H,105,122)(H,106,117)(H,125,126)(H4,82,83,91)(H4,84,85,92)(H4,86,87,93)(H4,88,89,94)/t45-,48-,49-,50-,51-,52-,53-,54-,55-,56-,57-,58-,59-,60-/m0/s1. The van der Waals surface area contributed by atoms with Gasteiger partial charge in [-0.05, 0) is 159 Å². The summed E-state index contributed by atoms with van der Waals surface area (Å²) in [4.78, 5) is 223. The number of carbonyl (C=O) groups excluding carboxylic acids is 14. The van der Waals surface area contributed by atoms with Crippen LogP contribution >= 0.6 is 11.8 Å². The molecule has 5 rings (SSSR count). The van der Waals surface area contributed by atoms with Crippen molar-refractivity contribution in [3.63, 3.8) is 0 Å². The number of hydrogen-bond donors (Lipinski definition) is 28. The van der Waals surface area contributed by atoms with Crippen molar-refractivity contribution in [1.29, 1.82) is 21.6 Å². The highest BCUT2D eigenvalue weighted by molar-refractivity contribution is 7.98. The summed E-state index contributed by atoms with van der Waals surface area (Å²) in [7, 11) is 0. The summed E-state index contributed by atoms with van der Waals surface area (Å²) in [5.41, 5.74) is 34.8. The van der Waals surface area contributed by atoms with E-state index in [9.17, 15) is 82.1 Å². The van der Waals surface area contributed by atoms with Crippen LogP contribution in [0.4, 0.5) is 0 Å². The molecule has 1 aromatic carbocycles. The molecule has 1 aromatic heterocycles. The third-order valence-corrected chi connectivity index (χ3v) is 22.0. The lowest BCUT2D eigenvalue weighted by molar-refractivity contribution is -0.145. The third-order valence-electron chi connectivity index (χ3n) is 21.4. The highest BCUT2D eigenvalue weighted by Gasteiger charge is 2.44. The summed E-state index contributed by atoms with van der Waals surface area (Å²) in [6, 6.07) is -9.86. The number of benzene rings is 1. The summed E-state index contributed by atoms with van der Waals surface area (Å²) >= 11 is 1.41. The van der Waals surface area contributed by atoms with Gasteiger partial charge in [-0.3, -0.25) is 88.8 Å². The van der Waals surface area contributed by atoms with Gasteiger partial charge in [0.1, 0.15) is 78.5 Å². The van der Waals surface area contributed by atoms with Crippen molar-refractivity contribution in [1.82, 2.24) is 104 Å². The van der Waals surface area contributed by atoms with Gasteiger partial charge < -0.3 is 144 Å². The molecule has 4 heterocycles. The lowest BCUT2D eigenvalue weighted by atomic mass is 10.0. The number of H-pyrrole nitrogens is 1. The van der Waals surface area contributed by atoms with Crippen molar-refractivity contribution >= 4 is 124 Å². The first-order valence-electron chi connectivity index (χ1n) is 42.8. The van der Waals surface area contributed by atoms with Crippen LogP contribution in [-0.2, 0) is 84.8 Å². The summed E-state index contributed by atoms with van der Waals surface area (Å²) in [5.74, 6) is -13.9. The van der Waals surface area contributed by atoms with Gasteiger partial charge in [0.25, 0.3) is 0 Å². The molecule has 0 unspecified atom stereocenters. The largest absolute Gasteiger partial charge is 0.480 e. The number of aliphatic hydroxyl groups is 1. The van der Waals surface area contributed by atoms with Crippen molar-refractivity contribution in [3.8, 4) is 0 Å². The molecule has 0 spiro atoms. The second kappa shape index (κ2) is 55.3. The fraction of sp³-hybridized carbons (Fsp3) is 0.646. The summed E-state index contributed by atoms with van der Waals surface area (Å²) < 4.78 is 0. The topological polar surface area (TPSA) is 767 Å². The van der Waals surface area contributed by atoms with E-state index in [4.69, 9.17) is 56.0 Å². The van der Waals surface area contributed by atoms with Crippen LogP contribution in [0.15, 0.2) is 42.9 Å². The number of amides is 14. The minimum Gasteiger partial charge on any atom is -0.480 e. The second-order valence-corrected chi connectivity index (χ2v) is 32.8. The Morgan fingerprint density at radius 3 is 1.40 bits per heavy atom. The Bertz CT molecular complexity index is 4040. The van der Waals surface area contributed by atoms with Gasteiger partial charge in [-0.1, -0.05) is 44.2 Å². The van der Waals surface area contributed by atoms with Crippen molar-refractivity contribution in [3.05, 3.63) is 54.1 Å². The number of aliphatic carboxylic acids is 1. The first-order chi connectivity index (χ1) is 60.5. The van der Waals surface area contributed by atoms with Gasteiger partial charge in [-0.25, -0.2) is 9.78 Å². The Kier molecular flexibility index (Phi) is 45.9. The van der Waals surface area contributed by atoms with Crippen LogP contribution in [0, 0.1) is 27.6 Å². The SMILES string of the molecule is CSCC[C@H](NC(=O)[C@@H]1CCCN1C(=O)CNC(=O)[C@H](CCCCN)NC(=O)[C@H](Cc1cnc[nH]1)NC(=O)[C@H](CO)NC(=O)[C@H](CC(C)C)NC(=O)[C@H](CCCNC(=N)N)NC(=O)[C@@H]1CCCN1C(=O)[C@H](CCCNC(=N)N)NC(=O)[C@H](C)NC(=O)[C@H](CCCNC(=N)N)NC(=O)[C@@H](N)CCCNC(=N)N)C(=O)N1CCC[C@H]1C(=O)N[C@@H](Cc1ccccc1)C(=O)O. The number of nitrogens with zero attached hydrogens (tertiary/aromatic N) is 4. The van der Waals surface area contributed by atoms with Gasteiger partial charge in [0.05, 0.1) is 25.5 Å². The lowest BCUT2D eigenvalue weighted by Crippen LogP contribution is -2.61. The molecule has 3 aliphatic heterocycles. The van der Waals surface area contributed by atoms with E-state index >= 15 is 0 Å². The van der Waals surface area contributed by atoms with E-state index in [1.807, 2.05) is 6.26 Å². The smallest absolute Gasteiger partial charge is 0.326 e. The van der Waals surface area contributed by atoms with E-state index < -0.39 is 192 Å². The van der Waals surface area contributed by atoms with Crippen molar-refractivity contribution in [2.45, 2.75) is 240 Å². The third kappa shape index (κ3) is 36.7. The maximum Gasteiger partial charge on any atom is 0.326 e. The molecule has 2 aromatic rings. The number of aliphatic hydroxyl groups excluding tert-OH is 1. The lowest BCUT2D eigenvalue weighted by Gasteiger charge is -2.31. The molecule has 127 heavy (non-hydrogen) atoms. The van der Waals surface area contributed by atoms with Gasteiger partial charge in [0.2, 0.25) is 82.7 Å². The van der Waals surface area contributed by atoms with Gasteiger partial charge >= 0.3 is 5.97 Å². The van der Waals surface area contributed by atoms with Gasteiger partial charge in [-0.15, -0.1) is 0 Å². The Balaban J connectivity index is 1.28. The molecule has 34 N–H and O–H groups in total. The first-order valence-corrected chi connectivity index (χ1v) is 44.2. The molecule has 0 bridgehead atoms. The molecule has 0 saturated carbocycles. The number of unbranched alkanes of at least 4 members (excludes halogenated alkanes) is 1. The zero-order chi connectivity index (χ0) is 93.8. The van der Waals surface area contributed by atoms with Gasteiger partial charge in [-0.2, -0.15) is 11.8 Å². The quantitative estimate of drug-likeness (QED) is 0.0166. The summed E-state index contributed by atoms with van der Waals surface area (Å²) in [6.45, 7) is 3.97. The first kappa shape index (κ1) is 105. The number of carboxylic acid groups (broad SMARTS) is 1. The van der Waals surface area contributed by atoms with Crippen LogP contribution in [0.25, 0.3) is 0 Å².